The standard InChI is InChI=1S/C19H18N2O/c1-14-8-6-7-11-17(14)19(22)20-21-15(2)12-13-18(21)16-9-4-3-5-10-16/h3-13H,1-2H3,(H,20,22). The molecule has 0 radical (unpaired) electrons. The molecule has 0 aliphatic carbocycles. The predicted octanol–water partition coefficient (Wildman–Crippen LogP) is 4.16. The number of amides is 1. The first-order valence-electron chi connectivity index (χ1n) is 7.27. The normalized spacial score (nSPS) is 10.5. The molecule has 3 aromatic rings. The zero-order chi connectivity index (χ0) is 15.5. The van der Waals surface area contributed by atoms with E-state index < -0.39 is 0 Å². The smallest absolute Gasteiger partial charge is 0.267 e. The summed E-state index contributed by atoms with van der Waals surface area (Å²) >= 11 is 0. The Hall–Kier alpha value is -2.81. The van der Waals surface area contributed by atoms with Crippen LogP contribution >= 0.6 is 0 Å². The molecule has 1 aromatic heterocycles. The van der Waals surface area contributed by atoms with Crippen molar-refractivity contribution in [3.05, 3.63) is 83.6 Å². The number of hydrogen-bond acceptors (Lipinski definition) is 1. The van der Waals surface area contributed by atoms with Gasteiger partial charge in [0.1, 0.15) is 0 Å². The van der Waals surface area contributed by atoms with Crippen molar-refractivity contribution in [2.24, 2.45) is 0 Å². The first-order chi connectivity index (χ1) is 10.7. The third-order valence-corrected chi connectivity index (χ3v) is 3.75. The topological polar surface area (TPSA) is 34.0 Å². The van der Waals surface area contributed by atoms with Gasteiger partial charge in [0, 0.05) is 16.8 Å². The number of benzene rings is 2. The number of carbonyl (C=O) groups excluding carboxylic acids is 1. The second kappa shape index (κ2) is 5.90. The van der Waals surface area contributed by atoms with Gasteiger partial charge in [0.15, 0.2) is 0 Å². The monoisotopic (exact) mass is 290 g/mol. The van der Waals surface area contributed by atoms with Crippen LogP contribution in [0.3, 0.4) is 0 Å². The van der Waals surface area contributed by atoms with Crippen LogP contribution in [0.4, 0.5) is 0 Å². The van der Waals surface area contributed by atoms with E-state index in [9.17, 15) is 4.79 Å². The van der Waals surface area contributed by atoms with E-state index in [1.54, 1.807) is 0 Å². The number of aromatic nitrogens is 1. The van der Waals surface area contributed by atoms with Crippen molar-refractivity contribution in [2.45, 2.75) is 13.8 Å². The molecular weight excluding hydrogens is 272 g/mol. The van der Waals surface area contributed by atoms with Crippen LogP contribution in [0, 0.1) is 13.8 Å². The molecule has 0 saturated heterocycles. The summed E-state index contributed by atoms with van der Waals surface area (Å²) in [7, 11) is 0. The zero-order valence-corrected chi connectivity index (χ0v) is 12.7. The SMILES string of the molecule is Cc1ccccc1C(=O)Nn1c(C)ccc1-c1ccccc1. The van der Waals surface area contributed by atoms with Gasteiger partial charge in [-0.05, 0) is 37.6 Å². The molecule has 0 atom stereocenters. The maximum atomic E-state index is 12.5. The minimum atomic E-state index is -0.102. The Bertz CT molecular complexity index is 803. The van der Waals surface area contributed by atoms with Gasteiger partial charge in [-0.1, -0.05) is 48.5 Å². The van der Waals surface area contributed by atoms with Gasteiger partial charge in [-0.2, -0.15) is 0 Å². The van der Waals surface area contributed by atoms with E-state index in [-0.39, 0.29) is 5.91 Å². The Labute approximate surface area is 130 Å². The van der Waals surface area contributed by atoms with E-state index in [1.165, 1.54) is 0 Å². The van der Waals surface area contributed by atoms with E-state index in [1.807, 2.05) is 85.3 Å². The molecule has 110 valence electrons. The first-order valence-corrected chi connectivity index (χ1v) is 7.27. The molecule has 22 heavy (non-hydrogen) atoms. The number of hydrogen-bond donors (Lipinski definition) is 1. The molecule has 0 spiro atoms. The second-order valence-corrected chi connectivity index (χ2v) is 5.32. The molecule has 1 N–H and O–H groups in total. The lowest BCUT2D eigenvalue weighted by atomic mass is 10.1. The van der Waals surface area contributed by atoms with E-state index in [0.29, 0.717) is 5.56 Å². The summed E-state index contributed by atoms with van der Waals surface area (Å²) in [5.74, 6) is -0.102. The van der Waals surface area contributed by atoms with Gasteiger partial charge in [0.2, 0.25) is 0 Å². The molecule has 3 rings (SSSR count). The molecule has 0 saturated carbocycles. The third kappa shape index (κ3) is 2.66. The Balaban J connectivity index is 1.95. The molecule has 0 aliphatic heterocycles. The van der Waals surface area contributed by atoms with Crippen molar-refractivity contribution in [3.63, 3.8) is 0 Å². The molecule has 3 nitrogen and oxygen atoms in total. The van der Waals surface area contributed by atoms with Gasteiger partial charge in [-0.25, -0.2) is 0 Å². The van der Waals surface area contributed by atoms with Crippen molar-refractivity contribution in [2.75, 3.05) is 5.43 Å². The summed E-state index contributed by atoms with van der Waals surface area (Å²) in [5.41, 5.74) is 7.67. The van der Waals surface area contributed by atoms with Crippen molar-refractivity contribution >= 4 is 5.91 Å². The molecule has 3 heteroatoms. The molecular formula is C19H18N2O. The Morgan fingerprint density at radius 2 is 1.55 bits per heavy atom. The number of rotatable bonds is 3. The molecule has 1 heterocycles. The molecule has 0 unspecified atom stereocenters. The Morgan fingerprint density at radius 1 is 0.864 bits per heavy atom. The quantitative estimate of drug-likeness (QED) is 0.772. The van der Waals surface area contributed by atoms with Gasteiger partial charge in [0.25, 0.3) is 5.91 Å². The van der Waals surface area contributed by atoms with Crippen LogP contribution in [0.1, 0.15) is 21.6 Å². The van der Waals surface area contributed by atoms with Crippen LogP contribution in [0.2, 0.25) is 0 Å². The van der Waals surface area contributed by atoms with Crippen LogP contribution in [0.25, 0.3) is 11.3 Å². The van der Waals surface area contributed by atoms with Crippen molar-refractivity contribution in [1.82, 2.24) is 4.68 Å². The number of nitrogens with one attached hydrogen (secondary N) is 1. The highest BCUT2D eigenvalue weighted by molar-refractivity contribution is 6.01. The number of nitrogens with zero attached hydrogens (tertiary/aromatic N) is 1. The van der Waals surface area contributed by atoms with Gasteiger partial charge in [-0.15, -0.1) is 0 Å². The highest BCUT2D eigenvalue weighted by atomic mass is 16.2. The largest absolute Gasteiger partial charge is 0.270 e. The van der Waals surface area contributed by atoms with Crippen molar-refractivity contribution in [1.29, 1.82) is 0 Å². The minimum absolute atomic E-state index is 0.102. The fourth-order valence-electron chi connectivity index (χ4n) is 2.51. The highest BCUT2D eigenvalue weighted by Gasteiger charge is 2.13. The van der Waals surface area contributed by atoms with Crippen LogP contribution in [0.15, 0.2) is 66.7 Å². The first kappa shape index (κ1) is 14.1. The maximum absolute atomic E-state index is 12.5. The lowest BCUT2D eigenvalue weighted by Crippen LogP contribution is -2.25. The average Bonchev–Trinajstić information content (AvgIpc) is 2.89. The molecule has 2 aromatic carbocycles. The lowest BCUT2D eigenvalue weighted by molar-refractivity contribution is 0.101. The fraction of sp³-hybridized carbons (Fsp3) is 0.105. The van der Waals surface area contributed by atoms with E-state index in [4.69, 9.17) is 0 Å². The van der Waals surface area contributed by atoms with Crippen LogP contribution in [-0.2, 0) is 0 Å². The summed E-state index contributed by atoms with van der Waals surface area (Å²) in [6.45, 7) is 3.92. The number of aryl methyl sites for hydroxylation is 2. The summed E-state index contributed by atoms with van der Waals surface area (Å²) in [5, 5.41) is 0. The summed E-state index contributed by atoms with van der Waals surface area (Å²) in [6, 6.07) is 21.6. The summed E-state index contributed by atoms with van der Waals surface area (Å²) in [6.07, 6.45) is 0. The summed E-state index contributed by atoms with van der Waals surface area (Å²) in [4.78, 5) is 12.5. The predicted molar refractivity (Wildman–Crippen MR) is 89.5 cm³/mol. The highest BCUT2D eigenvalue weighted by Crippen LogP contribution is 2.21. The molecule has 0 bridgehead atoms. The third-order valence-electron chi connectivity index (χ3n) is 3.75. The fourth-order valence-corrected chi connectivity index (χ4v) is 2.51. The van der Waals surface area contributed by atoms with Crippen LogP contribution in [-0.4, -0.2) is 10.6 Å². The summed E-state index contributed by atoms with van der Waals surface area (Å²) < 4.78 is 1.84. The average molecular weight is 290 g/mol. The van der Waals surface area contributed by atoms with Crippen LogP contribution in [0.5, 0.6) is 0 Å². The maximum Gasteiger partial charge on any atom is 0.270 e. The lowest BCUT2D eigenvalue weighted by Gasteiger charge is -2.14. The minimum Gasteiger partial charge on any atom is -0.267 e. The molecule has 0 fully saturated rings. The van der Waals surface area contributed by atoms with Crippen molar-refractivity contribution < 1.29 is 4.79 Å². The van der Waals surface area contributed by atoms with Gasteiger partial charge in [-0.3, -0.25) is 14.9 Å². The van der Waals surface area contributed by atoms with Gasteiger partial charge in [0.05, 0.1) is 5.69 Å². The molecule has 0 aliphatic rings. The van der Waals surface area contributed by atoms with Gasteiger partial charge < -0.3 is 0 Å². The van der Waals surface area contributed by atoms with Gasteiger partial charge >= 0.3 is 0 Å². The Morgan fingerprint density at radius 3 is 2.27 bits per heavy atom. The Kier molecular flexibility index (Phi) is 3.79. The number of carbonyl (C=O) groups is 1. The van der Waals surface area contributed by atoms with E-state index in [0.717, 1.165) is 22.5 Å². The second-order valence-electron chi connectivity index (χ2n) is 5.32. The van der Waals surface area contributed by atoms with Crippen LogP contribution < -0.4 is 5.43 Å². The molecule has 1 amide bonds. The van der Waals surface area contributed by atoms with Crippen molar-refractivity contribution in [3.8, 4) is 11.3 Å². The van der Waals surface area contributed by atoms with E-state index >= 15 is 0 Å². The van der Waals surface area contributed by atoms with E-state index in [2.05, 4.69) is 5.43 Å². The zero-order valence-electron chi connectivity index (χ0n) is 12.7.